The molecule has 0 atom stereocenters. The molecular formula is C46H59N7O6. The van der Waals surface area contributed by atoms with Crippen molar-refractivity contribution in [1.82, 2.24) is 24.9 Å². The van der Waals surface area contributed by atoms with Crippen LogP contribution in [-0.2, 0) is 30.9 Å². The second kappa shape index (κ2) is 19.7. The molecule has 314 valence electrons. The molecular weight excluding hydrogens is 747 g/mol. The van der Waals surface area contributed by atoms with Crippen molar-refractivity contribution in [2.75, 3.05) is 52.4 Å². The van der Waals surface area contributed by atoms with Crippen LogP contribution in [0.2, 0.25) is 0 Å². The van der Waals surface area contributed by atoms with Gasteiger partial charge in [-0.15, -0.1) is 0 Å². The van der Waals surface area contributed by atoms with Crippen LogP contribution in [0.15, 0.2) is 121 Å². The first-order chi connectivity index (χ1) is 28.3. The number of benzene rings is 4. The summed E-state index contributed by atoms with van der Waals surface area (Å²) in [5.74, 6) is 0. The topological polar surface area (TPSA) is 138 Å². The van der Waals surface area contributed by atoms with Crippen LogP contribution in [-0.4, -0.2) is 111 Å². The number of ether oxygens (including phenoxy) is 1. The normalized spacial score (nSPS) is 18.1. The second-order valence-corrected chi connectivity index (χ2v) is 17.5. The van der Waals surface area contributed by atoms with Gasteiger partial charge in [-0.05, 0) is 43.0 Å². The van der Waals surface area contributed by atoms with Crippen molar-refractivity contribution in [3.05, 3.63) is 164 Å². The average Bonchev–Trinajstić information content (AvgIpc) is 3.47. The molecule has 0 radical (unpaired) electrons. The van der Waals surface area contributed by atoms with Gasteiger partial charge in [0.1, 0.15) is 5.60 Å². The van der Waals surface area contributed by atoms with E-state index < -0.39 is 28.8 Å². The van der Waals surface area contributed by atoms with Crippen LogP contribution >= 0.6 is 0 Å². The van der Waals surface area contributed by atoms with Crippen LogP contribution in [0.1, 0.15) is 55.9 Å². The fourth-order valence-electron chi connectivity index (χ4n) is 8.76. The van der Waals surface area contributed by atoms with E-state index in [1.807, 2.05) is 121 Å². The number of amides is 1. The highest BCUT2D eigenvalue weighted by atomic mass is 16.6. The van der Waals surface area contributed by atoms with Crippen molar-refractivity contribution in [2.24, 2.45) is 0 Å². The predicted molar refractivity (Wildman–Crippen MR) is 229 cm³/mol. The first kappa shape index (κ1) is 43.4. The fraction of sp³-hybridized carbons (Fsp3) is 0.457. The number of hydrogen-bond acceptors (Lipinski definition) is 10. The lowest BCUT2D eigenvalue weighted by atomic mass is 9.82. The van der Waals surface area contributed by atoms with Crippen LogP contribution in [0.25, 0.3) is 0 Å². The van der Waals surface area contributed by atoms with E-state index in [-0.39, 0.29) is 48.9 Å². The first-order valence-corrected chi connectivity index (χ1v) is 20.6. The molecule has 0 spiro atoms. The molecule has 2 heterocycles. The van der Waals surface area contributed by atoms with Crippen molar-refractivity contribution >= 4 is 6.09 Å². The highest BCUT2D eigenvalue weighted by Gasteiger charge is 2.54. The summed E-state index contributed by atoms with van der Waals surface area (Å²) in [4.78, 5) is 49.4. The third kappa shape index (κ3) is 12.6. The predicted octanol–water partition coefficient (Wildman–Crippen LogP) is 6.73. The van der Waals surface area contributed by atoms with Crippen molar-refractivity contribution < 1.29 is 19.4 Å². The minimum Gasteiger partial charge on any atom is -0.444 e. The molecule has 0 aliphatic carbocycles. The molecule has 0 bridgehead atoms. The van der Waals surface area contributed by atoms with Crippen LogP contribution in [0.3, 0.4) is 0 Å². The Morgan fingerprint density at radius 1 is 0.576 bits per heavy atom. The van der Waals surface area contributed by atoms with Crippen LogP contribution < -0.4 is 5.32 Å². The maximum absolute atomic E-state index is 13.8. The number of nitrogens with one attached hydrogen (secondary N) is 1. The molecule has 1 amide bonds. The van der Waals surface area contributed by atoms with Gasteiger partial charge in [0, 0.05) is 81.1 Å². The molecule has 6 rings (SSSR count). The standard InChI is InChI=1S/C46H59N7O6/c1-44(2,3)59-43(54)47-42(28-45(52(55)56)34-48(30-38-16-8-4-9-17-38)24-25-49(35-45)31-39-18-10-5-11-19-39)29-46(53(57)58)36-50(32-40-20-12-6-13-21-40)26-27-51(37-46)33-41-22-14-7-15-23-41/h4-23,42H,24-37H2,1-3H3,(H,47,54). The number of carbonyl (C=O) groups excluding carboxylic acids is 1. The van der Waals surface area contributed by atoms with Gasteiger partial charge in [-0.1, -0.05) is 121 Å². The van der Waals surface area contributed by atoms with Gasteiger partial charge in [0.15, 0.2) is 0 Å². The monoisotopic (exact) mass is 805 g/mol. The van der Waals surface area contributed by atoms with E-state index in [0.29, 0.717) is 52.4 Å². The van der Waals surface area contributed by atoms with Gasteiger partial charge in [-0.25, -0.2) is 4.79 Å². The van der Waals surface area contributed by atoms with Crippen LogP contribution in [0.4, 0.5) is 4.79 Å². The Hall–Kier alpha value is -5.21. The zero-order valence-corrected chi connectivity index (χ0v) is 34.7. The molecule has 1 N–H and O–H groups in total. The summed E-state index contributed by atoms with van der Waals surface area (Å²) < 4.78 is 5.75. The Morgan fingerprint density at radius 2 is 0.847 bits per heavy atom. The van der Waals surface area contributed by atoms with E-state index in [4.69, 9.17) is 4.74 Å². The molecule has 2 aliphatic heterocycles. The number of carbonyl (C=O) groups is 1. The number of rotatable bonds is 15. The van der Waals surface area contributed by atoms with Gasteiger partial charge in [0.2, 0.25) is 11.1 Å². The quantitative estimate of drug-likeness (QED) is 0.102. The largest absolute Gasteiger partial charge is 0.444 e. The van der Waals surface area contributed by atoms with Gasteiger partial charge >= 0.3 is 6.09 Å². The molecule has 2 fully saturated rings. The average molecular weight is 806 g/mol. The highest BCUT2D eigenvalue weighted by molar-refractivity contribution is 5.68. The van der Waals surface area contributed by atoms with Crippen LogP contribution in [0.5, 0.6) is 0 Å². The lowest BCUT2D eigenvalue weighted by Gasteiger charge is -2.37. The van der Waals surface area contributed by atoms with E-state index in [9.17, 15) is 25.0 Å². The first-order valence-electron chi connectivity index (χ1n) is 20.6. The third-order valence-corrected chi connectivity index (χ3v) is 11.3. The lowest BCUT2D eigenvalue weighted by Crippen LogP contribution is -2.60. The summed E-state index contributed by atoms with van der Waals surface area (Å²) >= 11 is 0. The highest BCUT2D eigenvalue weighted by Crippen LogP contribution is 2.32. The summed E-state index contributed by atoms with van der Waals surface area (Å²) in [7, 11) is 0. The van der Waals surface area contributed by atoms with Crippen molar-refractivity contribution in [3.8, 4) is 0 Å². The summed E-state index contributed by atoms with van der Waals surface area (Å²) in [6.45, 7) is 9.99. The third-order valence-electron chi connectivity index (χ3n) is 11.3. The van der Waals surface area contributed by atoms with E-state index in [0.717, 1.165) is 22.3 Å². The van der Waals surface area contributed by atoms with Crippen LogP contribution in [0, 0.1) is 20.2 Å². The minimum absolute atomic E-state index is 0.0956. The molecule has 2 aliphatic rings. The number of hydrogen-bond donors (Lipinski definition) is 1. The molecule has 0 aromatic heterocycles. The maximum Gasteiger partial charge on any atom is 0.407 e. The van der Waals surface area contributed by atoms with Crippen molar-refractivity contribution in [1.29, 1.82) is 0 Å². The van der Waals surface area contributed by atoms with Crippen molar-refractivity contribution in [3.63, 3.8) is 0 Å². The van der Waals surface area contributed by atoms with E-state index in [1.165, 1.54) is 0 Å². The Morgan fingerprint density at radius 3 is 1.08 bits per heavy atom. The Balaban J connectivity index is 1.39. The molecule has 0 saturated carbocycles. The SMILES string of the molecule is CC(C)(C)OC(=O)NC(CC1([N+](=O)[O-])CN(Cc2ccccc2)CCN(Cc2ccccc2)C1)CC1([N+](=O)[O-])CN(Cc2ccccc2)CCN(Cc2ccccc2)C1. The molecule has 0 unspecified atom stereocenters. The molecule has 13 nitrogen and oxygen atoms in total. The number of nitrogens with zero attached hydrogens (tertiary/aromatic N) is 6. The molecule has 59 heavy (non-hydrogen) atoms. The second-order valence-electron chi connectivity index (χ2n) is 17.5. The maximum atomic E-state index is 13.8. The lowest BCUT2D eigenvalue weighted by molar-refractivity contribution is -0.578. The molecule has 2 saturated heterocycles. The van der Waals surface area contributed by atoms with Crippen molar-refractivity contribution in [2.45, 2.75) is 82.5 Å². The summed E-state index contributed by atoms with van der Waals surface area (Å²) in [5.41, 5.74) is 0.0735. The summed E-state index contributed by atoms with van der Waals surface area (Å²) in [5, 5.41) is 30.6. The summed E-state index contributed by atoms with van der Waals surface area (Å²) in [6, 6.07) is 38.6. The minimum atomic E-state index is -1.60. The van der Waals surface area contributed by atoms with E-state index in [1.54, 1.807) is 20.8 Å². The van der Waals surface area contributed by atoms with Gasteiger partial charge in [-0.2, -0.15) is 0 Å². The van der Waals surface area contributed by atoms with E-state index >= 15 is 0 Å². The Labute approximate surface area is 348 Å². The number of alkyl carbamates (subject to hydrolysis) is 1. The zero-order chi connectivity index (χ0) is 41.9. The number of nitro groups is 2. The molecule has 13 heteroatoms. The summed E-state index contributed by atoms with van der Waals surface area (Å²) in [6.07, 6.45) is -1.03. The van der Waals surface area contributed by atoms with Gasteiger partial charge in [0.25, 0.3) is 0 Å². The van der Waals surface area contributed by atoms with E-state index in [2.05, 4.69) is 24.9 Å². The zero-order valence-electron chi connectivity index (χ0n) is 34.7. The smallest absolute Gasteiger partial charge is 0.407 e. The fourth-order valence-corrected chi connectivity index (χ4v) is 8.76. The molecule has 4 aromatic rings. The van der Waals surface area contributed by atoms with Gasteiger partial charge in [0.05, 0.1) is 26.2 Å². The van der Waals surface area contributed by atoms with Gasteiger partial charge < -0.3 is 10.1 Å². The Kier molecular flexibility index (Phi) is 14.5. The van der Waals surface area contributed by atoms with Gasteiger partial charge in [-0.3, -0.25) is 39.8 Å². The Bertz CT molecular complexity index is 1720. The molecule has 4 aromatic carbocycles.